The summed E-state index contributed by atoms with van der Waals surface area (Å²) in [5.74, 6) is -1.95. The summed E-state index contributed by atoms with van der Waals surface area (Å²) in [5, 5.41) is 0. The molecule has 0 aromatic heterocycles. The van der Waals surface area contributed by atoms with Gasteiger partial charge in [0, 0.05) is 41.0 Å². The van der Waals surface area contributed by atoms with Crippen molar-refractivity contribution in [1.82, 2.24) is 0 Å². The van der Waals surface area contributed by atoms with Crippen molar-refractivity contribution in [2.45, 2.75) is 37.5 Å². The number of rotatable bonds is 2. The normalized spacial score (nSPS) is 21.5. The third-order valence-corrected chi connectivity index (χ3v) is 7.76. The van der Waals surface area contributed by atoms with Gasteiger partial charge in [0.1, 0.15) is 16.1 Å². The van der Waals surface area contributed by atoms with Crippen LogP contribution in [0, 0.1) is 12.8 Å². The minimum Gasteiger partial charge on any atom is -0.298 e. The molecule has 5 nitrogen and oxygen atoms in total. The first-order valence-electron chi connectivity index (χ1n) is 7.73. The molecule has 24 heavy (non-hydrogen) atoms. The zero-order chi connectivity index (χ0) is 17.4. The Kier molecular flexibility index (Phi) is 4.73. The molecule has 0 saturated heterocycles. The van der Waals surface area contributed by atoms with Gasteiger partial charge in [0.15, 0.2) is 23.1 Å². The molecule has 1 heterocycles. The smallest absolute Gasteiger partial charge is 0.181 e. The summed E-state index contributed by atoms with van der Waals surface area (Å²) >= 11 is 0. The predicted octanol–water partition coefficient (Wildman–Crippen LogP) is 1.81. The third kappa shape index (κ3) is 2.75. The molecule has 1 saturated carbocycles. The third-order valence-electron chi connectivity index (χ3n) is 4.55. The van der Waals surface area contributed by atoms with Crippen LogP contribution in [-0.4, -0.2) is 33.1 Å². The van der Waals surface area contributed by atoms with Gasteiger partial charge < -0.3 is 0 Å². The van der Waals surface area contributed by atoms with Crippen molar-refractivity contribution >= 4 is 42.8 Å². The summed E-state index contributed by atoms with van der Waals surface area (Å²) < 4.78 is 11.4. The summed E-state index contributed by atoms with van der Waals surface area (Å²) in [6.45, 7) is 1.69. The van der Waals surface area contributed by atoms with Crippen molar-refractivity contribution in [3.63, 3.8) is 0 Å². The molecule has 2 aliphatic rings. The van der Waals surface area contributed by atoms with Gasteiger partial charge in [-0.1, -0.05) is 15.5 Å². The second-order valence-electron chi connectivity index (χ2n) is 5.99. The SMILES string of the molecule is Cc1c(C(=O)C2C(=O)CCCC2=O)ccc2c1S(=S=O)CCC2=O. The van der Waals surface area contributed by atoms with Crippen LogP contribution in [0.5, 0.6) is 0 Å². The summed E-state index contributed by atoms with van der Waals surface area (Å²) in [6, 6.07) is 3.08. The molecular weight excluding hydrogens is 348 g/mol. The number of fused-ring (bicyclic) bond motifs is 1. The molecule has 1 aromatic rings. The number of hydrogen-bond acceptors (Lipinski definition) is 5. The molecule has 0 N–H and O–H groups in total. The van der Waals surface area contributed by atoms with E-state index in [0.29, 0.717) is 44.8 Å². The van der Waals surface area contributed by atoms with Gasteiger partial charge >= 0.3 is 0 Å². The second kappa shape index (κ2) is 6.64. The predicted molar refractivity (Wildman–Crippen MR) is 90.5 cm³/mol. The van der Waals surface area contributed by atoms with Gasteiger partial charge in [-0.15, -0.1) is 0 Å². The molecule has 126 valence electrons. The average Bonchev–Trinajstić information content (AvgIpc) is 2.55. The minimum absolute atomic E-state index is 0.0327. The van der Waals surface area contributed by atoms with E-state index in [-0.39, 0.29) is 35.8 Å². The van der Waals surface area contributed by atoms with E-state index >= 15 is 0 Å². The Balaban J connectivity index is 2.12. The number of hydrogen-bond donors (Lipinski definition) is 0. The largest absolute Gasteiger partial charge is 0.298 e. The lowest BCUT2D eigenvalue weighted by Gasteiger charge is -2.23. The second-order valence-corrected chi connectivity index (χ2v) is 9.25. The van der Waals surface area contributed by atoms with Gasteiger partial charge in [-0.05, 0) is 25.0 Å². The summed E-state index contributed by atoms with van der Waals surface area (Å²) in [6.07, 6.45) is 1.31. The van der Waals surface area contributed by atoms with E-state index in [2.05, 4.69) is 0 Å². The molecule has 0 radical (unpaired) electrons. The van der Waals surface area contributed by atoms with Crippen LogP contribution < -0.4 is 0 Å². The van der Waals surface area contributed by atoms with Crippen molar-refractivity contribution in [2.24, 2.45) is 5.92 Å². The Labute approximate surface area is 144 Å². The van der Waals surface area contributed by atoms with Gasteiger partial charge in [-0.3, -0.25) is 19.2 Å². The molecule has 1 aliphatic carbocycles. The van der Waals surface area contributed by atoms with E-state index in [9.17, 15) is 23.4 Å². The van der Waals surface area contributed by atoms with E-state index in [0.717, 1.165) is 0 Å². The Morgan fingerprint density at radius 3 is 2.42 bits per heavy atom. The Morgan fingerprint density at radius 1 is 1.12 bits per heavy atom. The highest BCUT2D eigenvalue weighted by Gasteiger charge is 2.38. The quantitative estimate of drug-likeness (QED) is 0.590. The molecule has 1 fully saturated rings. The highest BCUT2D eigenvalue weighted by Crippen LogP contribution is 2.31. The lowest BCUT2D eigenvalue weighted by Crippen LogP contribution is -2.35. The van der Waals surface area contributed by atoms with Crippen molar-refractivity contribution < 1.29 is 23.4 Å². The Morgan fingerprint density at radius 2 is 1.79 bits per heavy atom. The summed E-state index contributed by atoms with van der Waals surface area (Å²) in [4.78, 5) is 49.6. The fourth-order valence-corrected chi connectivity index (χ4v) is 6.21. The van der Waals surface area contributed by atoms with E-state index in [1.165, 1.54) is 6.07 Å². The Hall–Kier alpha value is -1.73. The highest BCUT2D eigenvalue weighted by molar-refractivity contribution is 8.31. The summed E-state index contributed by atoms with van der Waals surface area (Å²) in [5.41, 5.74) is 1.33. The van der Waals surface area contributed by atoms with Crippen LogP contribution >= 0.6 is 0 Å². The lowest BCUT2D eigenvalue weighted by molar-refractivity contribution is -0.133. The first-order chi connectivity index (χ1) is 11.5. The topological polar surface area (TPSA) is 85.3 Å². The monoisotopic (exact) mass is 364 g/mol. The Bertz CT molecular complexity index is 833. The van der Waals surface area contributed by atoms with Gasteiger partial charge in [-0.2, -0.15) is 0 Å². The number of Topliss-reactive ketones (excluding diaryl/α,β-unsaturated/α-hetero) is 4. The maximum Gasteiger partial charge on any atom is 0.181 e. The van der Waals surface area contributed by atoms with Crippen LogP contribution in [0.25, 0.3) is 0 Å². The standard InChI is InChI=1S/C17H16O5S2/c1-9-10(16(21)15-13(19)3-2-4-14(15)20)5-6-11-12(18)7-8-24(23-22)17(9)11/h5-6,15H,2-4,7-8H2,1H3. The molecule has 0 amide bonds. The van der Waals surface area contributed by atoms with Gasteiger partial charge in [0.2, 0.25) is 0 Å². The van der Waals surface area contributed by atoms with Crippen LogP contribution in [0.2, 0.25) is 0 Å². The number of benzene rings is 1. The van der Waals surface area contributed by atoms with Crippen molar-refractivity contribution in [3.8, 4) is 0 Å². The first-order valence-corrected chi connectivity index (χ1v) is 10.4. The van der Waals surface area contributed by atoms with Crippen LogP contribution in [0.3, 0.4) is 0 Å². The van der Waals surface area contributed by atoms with Gasteiger partial charge in [0.25, 0.3) is 0 Å². The molecule has 0 bridgehead atoms. The van der Waals surface area contributed by atoms with Gasteiger partial charge in [-0.25, -0.2) is 4.21 Å². The van der Waals surface area contributed by atoms with Crippen molar-refractivity contribution in [1.29, 1.82) is 0 Å². The van der Waals surface area contributed by atoms with E-state index in [4.69, 9.17) is 0 Å². The van der Waals surface area contributed by atoms with Crippen LogP contribution in [-0.2, 0) is 29.3 Å². The zero-order valence-electron chi connectivity index (χ0n) is 13.1. The van der Waals surface area contributed by atoms with Crippen molar-refractivity contribution in [3.05, 3.63) is 28.8 Å². The molecule has 1 aliphatic heterocycles. The van der Waals surface area contributed by atoms with Crippen LogP contribution in [0.4, 0.5) is 0 Å². The molecule has 3 rings (SSSR count). The average molecular weight is 364 g/mol. The first kappa shape index (κ1) is 17.1. The van der Waals surface area contributed by atoms with Crippen LogP contribution in [0.15, 0.2) is 17.0 Å². The fourth-order valence-electron chi connectivity index (χ4n) is 3.31. The molecular formula is C17H16O5S2. The number of carbonyl (C=O) groups is 4. The molecule has 1 unspecified atom stereocenters. The number of ketones is 4. The van der Waals surface area contributed by atoms with E-state index in [1.54, 1.807) is 13.0 Å². The fraction of sp³-hybridized carbons (Fsp3) is 0.412. The van der Waals surface area contributed by atoms with E-state index < -0.39 is 21.2 Å². The van der Waals surface area contributed by atoms with E-state index in [1.807, 2.05) is 0 Å². The zero-order valence-corrected chi connectivity index (χ0v) is 14.8. The summed E-state index contributed by atoms with van der Waals surface area (Å²) in [7, 11) is -0.248. The van der Waals surface area contributed by atoms with Crippen LogP contribution in [0.1, 0.15) is 52.0 Å². The minimum atomic E-state index is -1.23. The maximum absolute atomic E-state index is 12.8. The number of carbonyl (C=O) groups excluding carboxylic acids is 4. The molecule has 7 heteroatoms. The van der Waals surface area contributed by atoms with Crippen molar-refractivity contribution in [2.75, 3.05) is 5.75 Å². The molecule has 1 atom stereocenters. The lowest BCUT2D eigenvalue weighted by atomic mass is 9.80. The molecule has 0 spiro atoms. The highest BCUT2D eigenvalue weighted by atomic mass is 32.8. The molecule has 1 aromatic carbocycles. The van der Waals surface area contributed by atoms with Gasteiger partial charge in [0.05, 0.1) is 0 Å². The maximum atomic E-state index is 12.8.